The lowest BCUT2D eigenvalue weighted by Gasteiger charge is -1.98. The Hall–Kier alpha value is -1.90. The van der Waals surface area contributed by atoms with Crippen LogP contribution in [0.5, 0.6) is 0 Å². The second-order valence-electron chi connectivity index (χ2n) is 3.17. The third-order valence-electron chi connectivity index (χ3n) is 2.07. The highest BCUT2D eigenvalue weighted by molar-refractivity contribution is 5.14. The SMILES string of the molecule is c1ccc(CCO[n+]2ccncc2)cc1. The van der Waals surface area contributed by atoms with Crippen LogP contribution in [0, 0.1) is 0 Å². The Balaban J connectivity index is 1.81. The first kappa shape index (κ1) is 9.65. The summed E-state index contributed by atoms with van der Waals surface area (Å²) in [4.78, 5) is 9.40. The molecule has 3 heteroatoms. The van der Waals surface area contributed by atoms with Gasteiger partial charge in [0.15, 0.2) is 6.61 Å². The topological polar surface area (TPSA) is 26.0 Å². The van der Waals surface area contributed by atoms with E-state index in [9.17, 15) is 0 Å². The molecule has 1 aromatic carbocycles. The molecule has 0 aliphatic heterocycles. The van der Waals surface area contributed by atoms with E-state index in [1.54, 1.807) is 29.5 Å². The molecule has 3 nitrogen and oxygen atoms in total. The number of hydrogen-bond donors (Lipinski definition) is 0. The molecule has 0 fully saturated rings. The van der Waals surface area contributed by atoms with Crippen molar-refractivity contribution >= 4 is 0 Å². The first-order valence-corrected chi connectivity index (χ1v) is 4.93. The molecule has 2 aromatic rings. The van der Waals surface area contributed by atoms with Crippen LogP contribution in [-0.2, 0) is 6.42 Å². The van der Waals surface area contributed by atoms with Gasteiger partial charge in [0.1, 0.15) is 0 Å². The predicted molar refractivity (Wildman–Crippen MR) is 56.0 cm³/mol. The van der Waals surface area contributed by atoms with E-state index in [1.165, 1.54) is 5.56 Å². The first-order chi connectivity index (χ1) is 7.45. The Morgan fingerprint density at radius 3 is 2.53 bits per heavy atom. The van der Waals surface area contributed by atoms with Crippen LogP contribution >= 0.6 is 0 Å². The molecule has 0 unspecified atom stereocenters. The zero-order chi connectivity index (χ0) is 10.3. The lowest BCUT2D eigenvalue weighted by molar-refractivity contribution is -0.891. The van der Waals surface area contributed by atoms with Crippen molar-refractivity contribution < 1.29 is 9.57 Å². The first-order valence-electron chi connectivity index (χ1n) is 4.93. The van der Waals surface area contributed by atoms with Gasteiger partial charge >= 0.3 is 0 Å². The molecule has 2 rings (SSSR count). The van der Waals surface area contributed by atoms with Gasteiger partial charge in [0, 0.05) is 11.2 Å². The fourth-order valence-electron chi connectivity index (χ4n) is 1.31. The van der Waals surface area contributed by atoms with Crippen molar-refractivity contribution in [3.8, 4) is 0 Å². The summed E-state index contributed by atoms with van der Waals surface area (Å²) in [5.41, 5.74) is 1.28. The average Bonchev–Trinajstić information content (AvgIpc) is 2.32. The Morgan fingerprint density at radius 1 is 1.07 bits per heavy atom. The third kappa shape index (κ3) is 3.06. The van der Waals surface area contributed by atoms with Crippen molar-refractivity contribution in [1.82, 2.24) is 4.98 Å². The predicted octanol–water partition coefficient (Wildman–Crippen LogP) is 1.04. The minimum Gasteiger partial charge on any atom is -0.271 e. The summed E-state index contributed by atoms with van der Waals surface area (Å²) >= 11 is 0. The van der Waals surface area contributed by atoms with Crippen LogP contribution in [0.3, 0.4) is 0 Å². The minimum absolute atomic E-state index is 0.665. The van der Waals surface area contributed by atoms with Gasteiger partial charge < -0.3 is 0 Å². The maximum atomic E-state index is 5.49. The lowest BCUT2D eigenvalue weighted by Crippen LogP contribution is -2.42. The van der Waals surface area contributed by atoms with Crippen molar-refractivity contribution in [3.63, 3.8) is 0 Å². The highest BCUT2D eigenvalue weighted by atomic mass is 16.7. The molecule has 0 saturated carbocycles. The van der Waals surface area contributed by atoms with Gasteiger partial charge in [-0.2, -0.15) is 0 Å². The summed E-state index contributed by atoms with van der Waals surface area (Å²) < 4.78 is 1.66. The zero-order valence-electron chi connectivity index (χ0n) is 8.41. The van der Waals surface area contributed by atoms with E-state index >= 15 is 0 Å². The Bertz CT molecular complexity index is 349. The van der Waals surface area contributed by atoms with Crippen LogP contribution in [0.4, 0.5) is 0 Å². The van der Waals surface area contributed by atoms with Gasteiger partial charge in [-0.15, -0.1) is 0 Å². The van der Waals surface area contributed by atoms with Crippen molar-refractivity contribution in [2.45, 2.75) is 6.42 Å². The number of aromatic nitrogens is 2. The van der Waals surface area contributed by atoms with Crippen LogP contribution in [-0.4, -0.2) is 11.6 Å². The number of rotatable bonds is 4. The summed E-state index contributed by atoms with van der Waals surface area (Å²) in [5, 5.41) is 0. The molecule has 0 aliphatic carbocycles. The molecule has 0 bridgehead atoms. The van der Waals surface area contributed by atoms with E-state index in [4.69, 9.17) is 4.84 Å². The van der Waals surface area contributed by atoms with Crippen molar-refractivity contribution in [2.75, 3.05) is 6.61 Å². The average molecular weight is 201 g/mol. The largest absolute Gasteiger partial charge is 0.271 e. The molecule has 0 atom stereocenters. The fraction of sp³-hybridized carbons (Fsp3) is 0.167. The molecule has 1 heterocycles. The van der Waals surface area contributed by atoms with E-state index < -0.39 is 0 Å². The number of nitrogens with zero attached hydrogens (tertiary/aromatic N) is 2. The molecule has 0 spiro atoms. The highest BCUT2D eigenvalue weighted by Gasteiger charge is 1.99. The van der Waals surface area contributed by atoms with Gasteiger partial charge in [-0.1, -0.05) is 30.3 Å². The Kier molecular flexibility index (Phi) is 3.28. The van der Waals surface area contributed by atoms with Crippen molar-refractivity contribution in [3.05, 3.63) is 60.7 Å². The van der Waals surface area contributed by atoms with E-state index in [2.05, 4.69) is 17.1 Å². The maximum Gasteiger partial charge on any atom is 0.240 e. The van der Waals surface area contributed by atoms with E-state index in [1.807, 2.05) is 18.2 Å². The second-order valence-corrected chi connectivity index (χ2v) is 3.17. The third-order valence-corrected chi connectivity index (χ3v) is 2.07. The molecule has 0 N–H and O–H groups in total. The summed E-state index contributed by atoms with van der Waals surface area (Å²) in [6.45, 7) is 0.665. The monoisotopic (exact) mass is 201 g/mol. The molecule has 0 saturated heterocycles. The smallest absolute Gasteiger partial charge is 0.240 e. The van der Waals surface area contributed by atoms with E-state index in [-0.39, 0.29) is 0 Å². The van der Waals surface area contributed by atoms with Gasteiger partial charge in [-0.05, 0) is 5.56 Å². The molecule has 0 radical (unpaired) electrons. The molecular formula is C12H13N2O+. The fourth-order valence-corrected chi connectivity index (χ4v) is 1.31. The van der Waals surface area contributed by atoms with Crippen LogP contribution in [0.2, 0.25) is 0 Å². The van der Waals surface area contributed by atoms with Crippen LogP contribution < -0.4 is 9.57 Å². The normalized spacial score (nSPS) is 9.87. The van der Waals surface area contributed by atoms with Crippen LogP contribution in [0.25, 0.3) is 0 Å². The van der Waals surface area contributed by atoms with Crippen molar-refractivity contribution in [2.24, 2.45) is 0 Å². The maximum absolute atomic E-state index is 5.49. The van der Waals surface area contributed by atoms with Gasteiger partial charge in [-0.25, -0.2) is 0 Å². The number of benzene rings is 1. The molecular weight excluding hydrogens is 188 g/mol. The second kappa shape index (κ2) is 5.10. The Labute approximate surface area is 88.9 Å². The van der Waals surface area contributed by atoms with Crippen LogP contribution in [0.1, 0.15) is 5.56 Å². The van der Waals surface area contributed by atoms with E-state index in [0.29, 0.717) is 6.61 Å². The minimum atomic E-state index is 0.665. The summed E-state index contributed by atoms with van der Waals surface area (Å²) in [7, 11) is 0. The van der Waals surface area contributed by atoms with Gasteiger partial charge in [-0.3, -0.25) is 9.82 Å². The summed E-state index contributed by atoms with van der Waals surface area (Å²) in [6, 6.07) is 10.3. The van der Waals surface area contributed by atoms with Crippen molar-refractivity contribution in [1.29, 1.82) is 0 Å². The molecule has 0 aliphatic rings. The highest BCUT2D eigenvalue weighted by Crippen LogP contribution is 1.97. The van der Waals surface area contributed by atoms with Gasteiger partial charge in [0.2, 0.25) is 12.4 Å². The molecule has 76 valence electrons. The van der Waals surface area contributed by atoms with E-state index in [0.717, 1.165) is 6.42 Å². The van der Waals surface area contributed by atoms with Gasteiger partial charge in [0.25, 0.3) is 0 Å². The number of hydrogen-bond acceptors (Lipinski definition) is 2. The summed E-state index contributed by atoms with van der Waals surface area (Å²) in [5.74, 6) is 0. The quantitative estimate of drug-likeness (QED) is 0.691. The summed E-state index contributed by atoms with van der Waals surface area (Å²) in [6.07, 6.45) is 7.87. The lowest BCUT2D eigenvalue weighted by atomic mass is 10.2. The van der Waals surface area contributed by atoms with Gasteiger partial charge in [0.05, 0.1) is 12.4 Å². The standard InChI is InChI=1S/C12H13N2O/c1-2-4-12(5-3-1)6-11-15-14-9-7-13-8-10-14/h1-5,7-10H,6,11H2/q+1. The van der Waals surface area contributed by atoms with Crippen LogP contribution in [0.15, 0.2) is 55.1 Å². The molecule has 1 aromatic heterocycles. The zero-order valence-corrected chi connectivity index (χ0v) is 8.41. The molecule has 15 heavy (non-hydrogen) atoms. The molecule has 0 amide bonds. The Morgan fingerprint density at radius 2 is 1.80 bits per heavy atom.